The van der Waals surface area contributed by atoms with E-state index in [2.05, 4.69) is 4.98 Å². The normalized spacial score (nSPS) is 10.6. The fourth-order valence-electron chi connectivity index (χ4n) is 1.63. The van der Waals surface area contributed by atoms with Crippen LogP contribution in [0.5, 0.6) is 0 Å². The van der Waals surface area contributed by atoms with Gasteiger partial charge in [-0.1, -0.05) is 13.0 Å². The summed E-state index contributed by atoms with van der Waals surface area (Å²) in [5.41, 5.74) is 1.24. The number of carboxylic acid groups (broad SMARTS) is 1. The summed E-state index contributed by atoms with van der Waals surface area (Å²) in [6.45, 7) is 1.83. The number of carboxylic acids is 1. The molecule has 0 saturated heterocycles. The minimum absolute atomic E-state index is 0.144. The van der Waals surface area contributed by atoms with Crippen LogP contribution in [-0.2, 0) is 11.2 Å². The van der Waals surface area contributed by atoms with Gasteiger partial charge in [-0.25, -0.2) is 9.78 Å². The molecule has 0 saturated carbocycles. The van der Waals surface area contributed by atoms with Crippen LogP contribution in [0.2, 0.25) is 0 Å². The number of pyridine rings is 1. The van der Waals surface area contributed by atoms with E-state index in [1.54, 1.807) is 24.4 Å². The average molecular weight is 218 g/mol. The van der Waals surface area contributed by atoms with Crippen molar-refractivity contribution in [2.75, 3.05) is 0 Å². The number of imidazole rings is 1. The number of ketones is 1. The molecule has 0 bridgehead atoms. The Balaban J connectivity index is 2.74. The highest BCUT2D eigenvalue weighted by atomic mass is 16.4. The fraction of sp³-hybridized carbons (Fsp3) is 0.182. The van der Waals surface area contributed by atoms with Gasteiger partial charge in [0, 0.05) is 6.20 Å². The molecule has 2 heterocycles. The maximum atomic E-state index is 11.5. The van der Waals surface area contributed by atoms with E-state index < -0.39 is 11.8 Å². The fourth-order valence-corrected chi connectivity index (χ4v) is 1.63. The van der Waals surface area contributed by atoms with E-state index >= 15 is 0 Å². The summed E-state index contributed by atoms with van der Waals surface area (Å²) < 4.78 is 1.51. The van der Waals surface area contributed by atoms with Crippen LogP contribution >= 0.6 is 0 Å². The molecule has 0 atom stereocenters. The number of fused-ring (bicyclic) bond motifs is 1. The lowest BCUT2D eigenvalue weighted by atomic mass is 10.2. The summed E-state index contributed by atoms with van der Waals surface area (Å²) in [6, 6.07) is 5.25. The highest BCUT2D eigenvalue weighted by molar-refractivity contribution is 6.39. The van der Waals surface area contributed by atoms with Gasteiger partial charge in [-0.2, -0.15) is 0 Å². The van der Waals surface area contributed by atoms with Crippen molar-refractivity contribution in [3.8, 4) is 0 Å². The number of aryl methyl sites for hydroxylation is 1. The van der Waals surface area contributed by atoms with Gasteiger partial charge in [0.25, 0.3) is 5.78 Å². The lowest BCUT2D eigenvalue weighted by molar-refractivity contribution is -0.131. The van der Waals surface area contributed by atoms with Crippen molar-refractivity contribution < 1.29 is 14.7 Å². The van der Waals surface area contributed by atoms with Crippen molar-refractivity contribution in [3.05, 3.63) is 35.8 Å². The molecule has 1 N–H and O–H groups in total. The smallest absolute Gasteiger partial charge is 0.378 e. The van der Waals surface area contributed by atoms with Crippen LogP contribution in [0.25, 0.3) is 5.65 Å². The number of nitrogens with zero attached hydrogens (tertiary/aromatic N) is 2. The van der Waals surface area contributed by atoms with Crippen LogP contribution in [-0.4, -0.2) is 26.2 Å². The molecule has 5 nitrogen and oxygen atoms in total. The molecule has 0 aliphatic carbocycles. The van der Waals surface area contributed by atoms with Crippen molar-refractivity contribution in [2.45, 2.75) is 13.3 Å². The third-order valence-electron chi connectivity index (χ3n) is 2.35. The molecular weight excluding hydrogens is 208 g/mol. The molecule has 16 heavy (non-hydrogen) atoms. The number of carbonyl (C=O) groups is 2. The summed E-state index contributed by atoms with van der Waals surface area (Å²) >= 11 is 0. The van der Waals surface area contributed by atoms with E-state index in [9.17, 15) is 9.59 Å². The molecule has 5 heteroatoms. The third kappa shape index (κ3) is 1.46. The van der Waals surface area contributed by atoms with E-state index in [1.807, 2.05) is 6.92 Å². The SMILES string of the molecule is CCc1nc2ccccn2c1C(=O)C(=O)O. The summed E-state index contributed by atoms with van der Waals surface area (Å²) in [5, 5.41) is 8.74. The number of aliphatic carboxylic acids is 1. The van der Waals surface area contributed by atoms with Crippen LogP contribution in [0.15, 0.2) is 24.4 Å². The Morgan fingerprint density at radius 2 is 2.19 bits per heavy atom. The average Bonchev–Trinajstić information content (AvgIpc) is 2.66. The van der Waals surface area contributed by atoms with Gasteiger partial charge in [0.15, 0.2) is 0 Å². The van der Waals surface area contributed by atoms with Gasteiger partial charge in [0.1, 0.15) is 11.3 Å². The van der Waals surface area contributed by atoms with Gasteiger partial charge in [-0.15, -0.1) is 0 Å². The zero-order valence-electron chi connectivity index (χ0n) is 8.67. The van der Waals surface area contributed by atoms with Crippen molar-refractivity contribution in [1.29, 1.82) is 0 Å². The molecule has 0 aliphatic heterocycles. The predicted octanol–water partition coefficient (Wildman–Crippen LogP) is 1.16. The van der Waals surface area contributed by atoms with Crippen LogP contribution in [0, 0.1) is 0 Å². The molecule has 0 fully saturated rings. The standard InChI is InChI=1S/C11H10N2O3/c1-2-7-9(10(14)11(15)16)13-6-4-3-5-8(13)12-7/h3-6H,2H2,1H3,(H,15,16). The third-order valence-corrected chi connectivity index (χ3v) is 2.35. The largest absolute Gasteiger partial charge is 0.475 e. The lowest BCUT2D eigenvalue weighted by Crippen LogP contribution is -2.16. The van der Waals surface area contributed by atoms with Gasteiger partial charge in [0.05, 0.1) is 5.69 Å². The van der Waals surface area contributed by atoms with E-state index in [1.165, 1.54) is 4.40 Å². The maximum absolute atomic E-state index is 11.5. The molecule has 0 spiro atoms. The Labute approximate surface area is 91.3 Å². The predicted molar refractivity (Wildman–Crippen MR) is 56.5 cm³/mol. The minimum Gasteiger partial charge on any atom is -0.475 e. The molecule has 0 amide bonds. The molecule has 2 rings (SSSR count). The quantitative estimate of drug-likeness (QED) is 0.620. The number of hydrogen-bond acceptors (Lipinski definition) is 3. The molecule has 0 unspecified atom stereocenters. The molecule has 82 valence electrons. The highest BCUT2D eigenvalue weighted by Crippen LogP contribution is 2.13. The second-order valence-corrected chi connectivity index (χ2v) is 3.32. The number of hydrogen-bond donors (Lipinski definition) is 1. The van der Waals surface area contributed by atoms with Crippen molar-refractivity contribution in [1.82, 2.24) is 9.38 Å². The van der Waals surface area contributed by atoms with Crippen molar-refractivity contribution >= 4 is 17.4 Å². The van der Waals surface area contributed by atoms with Gasteiger partial charge in [0.2, 0.25) is 0 Å². The summed E-state index contributed by atoms with van der Waals surface area (Å²) in [5.74, 6) is -2.38. The zero-order chi connectivity index (χ0) is 11.7. The molecule has 0 radical (unpaired) electrons. The van der Waals surface area contributed by atoms with Crippen LogP contribution in [0.1, 0.15) is 23.1 Å². The van der Waals surface area contributed by atoms with Gasteiger partial charge >= 0.3 is 5.97 Å². The van der Waals surface area contributed by atoms with Crippen LogP contribution in [0.4, 0.5) is 0 Å². The number of rotatable bonds is 3. The van der Waals surface area contributed by atoms with Gasteiger partial charge < -0.3 is 5.11 Å². The first-order valence-electron chi connectivity index (χ1n) is 4.88. The van der Waals surface area contributed by atoms with Crippen LogP contribution in [0.3, 0.4) is 0 Å². The topological polar surface area (TPSA) is 71.7 Å². The first-order chi connectivity index (χ1) is 7.65. The summed E-state index contributed by atoms with van der Waals surface area (Å²) in [6.07, 6.45) is 2.16. The summed E-state index contributed by atoms with van der Waals surface area (Å²) in [7, 11) is 0. The second-order valence-electron chi connectivity index (χ2n) is 3.32. The first-order valence-corrected chi connectivity index (χ1v) is 4.88. The lowest BCUT2D eigenvalue weighted by Gasteiger charge is -1.98. The van der Waals surface area contributed by atoms with Crippen molar-refractivity contribution in [2.24, 2.45) is 0 Å². The van der Waals surface area contributed by atoms with Gasteiger partial charge in [-0.05, 0) is 18.6 Å². The highest BCUT2D eigenvalue weighted by Gasteiger charge is 2.23. The zero-order valence-corrected chi connectivity index (χ0v) is 8.67. The molecular formula is C11H10N2O3. The Bertz CT molecular complexity index is 572. The number of carbonyl (C=O) groups excluding carboxylic acids is 1. The Morgan fingerprint density at radius 1 is 1.44 bits per heavy atom. The van der Waals surface area contributed by atoms with Crippen molar-refractivity contribution in [3.63, 3.8) is 0 Å². The minimum atomic E-state index is -1.46. The van der Waals surface area contributed by atoms with E-state index in [-0.39, 0.29) is 5.69 Å². The summed E-state index contributed by atoms with van der Waals surface area (Å²) in [4.78, 5) is 26.5. The second kappa shape index (κ2) is 3.77. The first kappa shape index (κ1) is 10.4. The molecule has 2 aromatic heterocycles. The van der Waals surface area contributed by atoms with E-state index in [0.29, 0.717) is 17.8 Å². The monoisotopic (exact) mass is 218 g/mol. The molecule has 0 aromatic carbocycles. The maximum Gasteiger partial charge on any atom is 0.378 e. The number of aromatic nitrogens is 2. The number of Topliss-reactive ketones (excluding diaryl/α,β-unsaturated/α-hetero) is 1. The molecule has 2 aromatic rings. The molecule has 0 aliphatic rings. The Morgan fingerprint density at radius 3 is 2.81 bits per heavy atom. The Hall–Kier alpha value is -2.17. The van der Waals surface area contributed by atoms with E-state index in [0.717, 1.165) is 0 Å². The van der Waals surface area contributed by atoms with Crippen LogP contribution < -0.4 is 0 Å². The van der Waals surface area contributed by atoms with E-state index in [4.69, 9.17) is 5.11 Å². The Kier molecular flexibility index (Phi) is 2.44. The van der Waals surface area contributed by atoms with Gasteiger partial charge in [-0.3, -0.25) is 9.20 Å².